The summed E-state index contributed by atoms with van der Waals surface area (Å²) in [6.07, 6.45) is 0.841. The molecule has 0 radical (unpaired) electrons. The summed E-state index contributed by atoms with van der Waals surface area (Å²) in [5, 5.41) is 9.11. The molecule has 0 fully saturated rings. The quantitative estimate of drug-likeness (QED) is 0.848. The predicted molar refractivity (Wildman–Crippen MR) is 83.4 cm³/mol. The Balaban J connectivity index is 2.65. The number of aliphatic carboxylic acids is 1. The van der Waals surface area contributed by atoms with Gasteiger partial charge in [0.05, 0.1) is 12.2 Å². The van der Waals surface area contributed by atoms with E-state index in [9.17, 15) is 17.6 Å². The Bertz CT molecular complexity index is 831. The maximum atomic E-state index is 14.4. The minimum Gasteiger partial charge on any atom is -0.481 e. The standard InChI is InChI=1S/C16H15FO5S/c1-10(16(18)19)12-8-14(17)13(11-6-4-3-5-7-11)9-15(12)22-23(2,20)21/h3-10H,1-2H3,(H,18,19). The van der Waals surface area contributed by atoms with Crippen LogP contribution in [0.15, 0.2) is 42.5 Å². The highest BCUT2D eigenvalue weighted by molar-refractivity contribution is 7.86. The average Bonchev–Trinajstić information content (AvgIpc) is 2.47. The first-order valence-corrected chi connectivity index (χ1v) is 8.52. The molecule has 0 saturated carbocycles. The van der Waals surface area contributed by atoms with Gasteiger partial charge >= 0.3 is 16.1 Å². The molecule has 23 heavy (non-hydrogen) atoms. The smallest absolute Gasteiger partial charge is 0.310 e. The molecule has 0 aromatic heterocycles. The normalized spacial score (nSPS) is 12.7. The van der Waals surface area contributed by atoms with E-state index in [-0.39, 0.29) is 16.9 Å². The van der Waals surface area contributed by atoms with Crippen molar-refractivity contribution in [2.75, 3.05) is 6.26 Å². The van der Waals surface area contributed by atoms with E-state index in [4.69, 9.17) is 9.29 Å². The van der Waals surface area contributed by atoms with Gasteiger partial charge in [0.2, 0.25) is 0 Å². The molecule has 1 N–H and O–H groups in total. The van der Waals surface area contributed by atoms with Crippen molar-refractivity contribution in [1.29, 1.82) is 0 Å². The van der Waals surface area contributed by atoms with Crippen molar-refractivity contribution in [2.24, 2.45) is 0 Å². The summed E-state index contributed by atoms with van der Waals surface area (Å²) in [5.74, 6) is -3.18. The molecule has 2 aromatic carbocycles. The van der Waals surface area contributed by atoms with Gasteiger partial charge in [-0.05, 0) is 24.6 Å². The Morgan fingerprint density at radius 1 is 1.22 bits per heavy atom. The minimum absolute atomic E-state index is 0.0416. The first-order valence-electron chi connectivity index (χ1n) is 6.70. The lowest BCUT2D eigenvalue weighted by molar-refractivity contribution is -0.138. The second-order valence-electron chi connectivity index (χ2n) is 5.08. The third-order valence-corrected chi connectivity index (χ3v) is 3.74. The zero-order valence-corrected chi connectivity index (χ0v) is 13.3. The zero-order chi connectivity index (χ0) is 17.2. The largest absolute Gasteiger partial charge is 0.481 e. The van der Waals surface area contributed by atoms with Gasteiger partial charge in [0, 0.05) is 11.1 Å². The number of carbonyl (C=O) groups is 1. The fourth-order valence-corrected chi connectivity index (χ4v) is 2.58. The van der Waals surface area contributed by atoms with E-state index in [1.165, 1.54) is 13.0 Å². The van der Waals surface area contributed by atoms with Gasteiger partial charge in [-0.1, -0.05) is 30.3 Å². The first-order chi connectivity index (χ1) is 10.7. The number of carboxylic acid groups (broad SMARTS) is 1. The zero-order valence-electron chi connectivity index (χ0n) is 12.5. The average molecular weight is 338 g/mol. The van der Waals surface area contributed by atoms with E-state index < -0.39 is 27.8 Å². The van der Waals surface area contributed by atoms with Gasteiger partial charge in [-0.3, -0.25) is 4.79 Å². The number of hydrogen-bond acceptors (Lipinski definition) is 4. The van der Waals surface area contributed by atoms with Crippen LogP contribution in [0.3, 0.4) is 0 Å². The topological polar surface area (TPSA) is 80.7 Å². The van der Waals surface area contributed by atoms with Gasteiger partial charge in [-0.15, -0.1) is 0 Å². The summed E-state index contributed by atoms with van der Waals surface area (Å²) in [5.41, 5.74) is 0.614. The van der Waals surface area contributed by atoms with Crippen molar-refractivity contribution in [2.45, 2.75) is 12.8 Å². The molecule has 0 aliphatic heterocycles. The lowest BCUT2D eigenvalue weighted by Crippen LogP contribution is -2.13. The maximum Gasteiger partial charge on any atom is 0.310 e. The first kappa shape index (κ1) is 17.0. The van der Waals surface area contributed by atoms with Crippen LogP contribution in [0.5, 0.6) is 5.75 Å². The Morgan fingerprint density at radius 3 is 2.35 bits per heavy atom. The molecule has 7 heteroatoms. The van der Waals surface area contributed by atoms with Crippen LogP contribution in [0.4, 0.5) is 4.39 Å². The maximum absolute atomic E-state index is 14.4. The van der Waals surface area contributed by atoms with E-state index in [1.54, 1.807) is 30.3 Å². The van der Waals surface area contributed by atoms with Gasteiger partial charge in [0.15, 0.2) is 0 Å². The highest BCUT2D eigenvalue weighted by Gasteiger charge is 2.23. The van der Waals surface area contributed by atoms with Crippen LogP contribution < -0.4 is 4.18 Å². The van der Waals surface area contributed by atoms with Gasteiger partial charge in [-0.2, -0.15) is 8.42 Å². The molecule has 2 rings (SSSR count). The van der Waals surface area contributed by atoms with Crippen molar-refractivity contribution < 1.29 is 26.9 Å². The lowest BCUT2D eigenvalue weighted by atomic mass is 9.96. The van der Waals surface area contributed by atoms with Crippen molar-refractivity contribution in [3.63, 3.8) is 0 Å². The number of carboxylic acids is 1. The molecule has 0 aliphatic carbocycles. The number of rotatable bonds is 5. The lowest BCUT2D eigenvalue weighted by Gasteiger charge is -2.15. The summed E-state index contributed by atoms with van der Waals surface area (Å²) in [6, 6.07) is 10.7. The van der Waals surface area contributed by atoms with E-state index >= 15 is 0 Å². The SMILES string of the molecule is CC(C(=O)O)c1cc(F)c(-c2ccccc2)cc1OS(C)(=O)=O. The number of halogens is 1. The Hall–Kier alpha value is -2.41. The Kier molecular flexibility index (Phi) is 4.70. The molecule has 1 unspecified atom stereocenters. The van der Waals surface area contributed by atoms with Crippen LogP contribution in [0.2, 0.25) is 0 Å². The Labute approximate surface area is 133 Å². The van der Waals surface area contributed by atoms with Crippen molar-refractivity contribution >= 4 is 16.1 Å². The fraction of sp³-hybridized carbons (Fsp3) is 0.188. The second kappa shape index (κ2) is 6.37. The van der Waals surface area contributed by atoms with Crippen LogP contribution in [-0.4, -0.2) is 25.7 Å². The van der Waals surface area contributed by atoms with Crippen molar-refractivity contribution in [3.05, 3.63) is 53.8 Å². The van der Waals surface area contributed by atoms with Crippen LogP contribution in [0, 0.1) is 5.82 Å². The van der Waals surface area contributed by atoms with Crippen LogP contribution in [0.25, 0.3) is 11.1 Å². The molecule has 0 heterocycles. The molecular weight excluding hydrogens is 323 g/mol. The molecule has 5 nitrogen and oxygen atoms in total. The third kappa shape index (κ3) is 4.07. The van der Waals surface area contributed by atoms with E-state index in [2.05, 4.69) is 0 Å². The van der Waals surface area contributed by atoms with Gasteiger partial charge in [0.25, 0.3) is 0 Å². The monoisotopic (exact) mass is 338 g/mol. The molecule has 122 valence electrons. The highest BCUT2D eigenvalue weighted by atomic mass is 32.2. The summed E-state index contributed by atoms with van der Waals surface area (Å²) in [4.78, 5) is 11.2. The molecule has 2 aromatic rings. The molecule has 0 bridgehead atoms. The van der Waals surface area contributed by atoms with Gasteiger partial charge < -0.3 is 9.29 Å². The summed E-state index contributed by atoms with van der Waals surface area (Å²) < 4.78 is 42.1. The van der Waals surface area contributed by atoms with Crippen LogP contribution in [-0.2, 0) is 14.9 Å². The molecule has 0 spiro atoms. The molecule has 0 saturated heterocycles. The van der Waals surface area contributed by atoms with E-state index in [0.717, 1.165) is 12.3 Å². The summed E-state index contributed by atoms with van der Waals surface area (Å²) in [6.45, 7) is 1.33. The van der Waals surface area contributed by atoms with Crippen LogP contribution in [0.1, 0.15) is 18.4 Å². The minimum atomic E-state index is -3.89. The number of benzene rings is 2. The molecule has 1 atom stereocenters. The second-order valence-corrected chi connectivity index (χ2v) is 6.66. The van der Waals surface area contributed by atoms with Gasteiger partial charge in [0.1, 0.15) is 11.6 Å². The number of hydrogen-bond donors (Lipinski definition) is 1. The summed E-state index contributed by atoms with van der Waals surface area (Å²) in [7, 11) is -3.89. The molecule has 0 aliphatic rings. The predicted octanol–water partition coefficient (Wildman–Crippen LogP) is 3.02. The van der Waals surface area contributed by atoms with Gasteiger partial charge in [-0.25, -0.2) is 4.39 Å². The molecule has 0 amide bonds. The van der Waals surface area contributed by atoms with Crippen LogP contribution >= 0.6 is 0 Å². The van der Waals surface area contributed by atoms with Crippen molar-refractivity contribution in [3.8, 4) is 16.9 Å². The fourth-order valence-electron chi connectivity index (χ4n) is 2.11. The van der Waals surface area contributed by atoms with E-state index in [1.807, 2.05) is 0 Å². The molecular formula is C16H15FO5S. The van der Waals surface area contributed by atoms with E-state index in [0.29, 0.717) is 5.56 Å². The highest BCUT2D eigenvalue weighted by Crippen LogP contribution is 2.35. The third-order valence-electron chi connectivity index (χ3n) is 3.26. The Morgan fingerprint density at radius 2 is 1.83 bits per heavy atom. The summed E-state index contributed by atoms with van der Waals surface area (Å²) >= 11 is 0. The van der Waals surface area contributed by atoms with Crippen molar-refractivity contribution in [1.82, 2.24) is 0 Å².